The summed E-state index contributed by atoms with van der Waals surface area (Å²) in [4.78, 5) is 5.84. The first-order valence-corrected chi connectivity index (χ1v) is 8.00. The van der Waals surface area contributed by atoms with Gasteiger partial charge in [0.15, 0.2) is 0 Å². The number of nitrogens with zero attached hydrogens (tertiary/aromatic N) is 3. The lowest BCUT2D eigenvalue weighted by Gasteiger charge is -2.12. The van der Waals surface area contributed by atoms with Crippen LogP contribution in [0.1, 0.15) is 41.4 Å². The SMILES string of the molecule is Cc1nc(CCNc2nnc(C(C)(C)C)s2)sc1C. The van der Waals surface area contributed by atoms with E-state index in [1.165, 1.54) is 9.88 Å². The monoisotopic (exact) mass is 296 g/mol. The van der Waals surface area contributed by atoms with E-state index in [0.29, 0.717) is 0 Å². The lowest BCUT2D eigenvalue weighted by molar-refractivity contribution is 0.578. The third kappa shape index (κ3) is 3.73. The molecule has 0 aromatic carbocycles. The standard InChI is InChI=1S/C13H20N4S2/c1-8-9(2)18-10(15-8)6-7-14-12-17-16-11(19-12)13(3,4)5/h6-7H2,1-5H3,(H,14,17). The Kier molecular flexibility index (Phi) is 4.20. The Morgan fingerprint density at radius 3 is 2.37 bits per heavy atom. The Bertz CT molecular complexity index is 532. The van der Waals surface area contributed by atoms with Crippen LogP contribution in [0.3, 0.4) is 0 Å². The number of aryl methyl sites for hydroxylation is 2. The van der Waals surface area contributed by atoms with Gasteiger partial charge in [0.2, 0.25) is 5.13 Å². The predicted molar refractivity (Wildman–Crippen MR) is 82.4 cm³/mol. The van der Waals surface area contributed by atoms with E-state index >= 15 is 0 Å². The van der Waals surface area contributed by atoms with Gasteiger partial charge < -0.3 is 5.32 Å². The van der Waals surface area contributed by atoms with Gasteiger partial charge in [-0.15, -0.1) is 21.5 Å². The van der Waals surface area contributed by atoms with Crippen LogP contribution in [-0.2, 0) is 11.8 Å². The maximum Gasteiger partial charge on any atom is 0.205 e. The molecule has 0 bridgehead atoms. The molecule has 6 heteroatoms. The van der Waals surface area contributed by atoms with Gasteiger partial charge in [-0.2, -0.15) is 0 Å². The minimum absolute atomic E-state index is 0.0706. The highest BCUT2D eigenvalue weighted by Crippen LogP contribution is 2.27. The van der Waals surface area contributed by atoms with Crippen molar-refractivity contribution in [1.82, 2.24) is 15.2 Å². The fourth-order valence-corrected chi connectivity index (χ4v) is 3.28. The second-order valence-electron chi connectivity index (χ2n) is 5.59. The van der Waals surface area contributed by atoms with Gasteiger partial charge in [0, 0.05) is 23.3 Å². The number of anilines is 1. The Hall–Kier alpha value is -1.01. The Balaban J connectivity index is 1.87. The molecule has 2 rings (SSSR count). The minimum atomic E-state index is 0.0706. The largest absolute Gasteiger partial charge is 0.360 e. The van der Waals surface area contributed by atoms with Gasteiger partial charge in [0.1, 0.15) is 5.01 Å². The molecule has 0 radical (unpaired) electrons. The van der Waals surface area contributed by atoms with E-state index in [4.69, 9.17) is 0 Å². The van der Waals surface area contributed by atoms with Gasteiger partial charge in [-0.3, -0.25) is 0 Å². The predicted octanol–water partition coefficient (Wildman–Crippen LogP) is 3.56. The second kappa shape index (κ2) is 5.54. The van der Waals surface area contributed by atoms with Crippen LogP contribution in [0.15, 0.2) is 0 Å². The lowest BCUT2D eigenvalue weighted by Crippen LogP contribution is -2.10. The second-order valence-corrected chi connectivity index (χ2v) is 7.85. The molecule has 0 aliphatic carbocycles. The molecule has 0 fully saturated rings. The zero-order valence-corrected chi connectivity index (χ0v) is 13.7. The van der Waals surface area contributed by atoms with Crippen molar-refractivity contribution in [2.24, 2.45) is 0 Å². The molecule has 2 aromatic rings. The molecule has 19 heavy (non-hydrogen) atoms. The molecular formula is C13H20N4S2. The van der Waals surface area contributed by atoms with E-state index in [1.54, 1.807) is 22.7 Å². The third-order valence-electron chi connectivity index (χ3n) is 2.75. The molecule has 0 unspecified atom stereocenters. The zero-order valence-electron chi connectivity index (χ0n) is 12.1. The van der Waals surface area contributed by atoms with Gasteiger partial charge in [0.25, 0.3) is 0 Å². The van der Waals surface area contributed by atoms with Gasteiger partial charge >= 0.3 is 0 Å². The van der Waals surface area contributed by atoms with Crippen LogP contribution in [-0.4, -0.2) is 21.7 Å². The van der Waals surface area contributed by atoms with Gasteiger partial charge in [-0.25, -0.2) is 4.98 Å². The van der Waals surface area contributed by atoms with Crippen LogP contribution in [0, 0.1) is 13.8 Å². The first-order chi connectivity index (χ1) is 8.86. The minimum Gasteiger partial charge on any atom is -0.360 e. The molecule has 2 aromatic heterocycles. The topological polar surface area (TPSA) is 50.7 Å². The molecule has 0 aliphatic rings. The van der Waals surface area contributed by atoms with Crippen molar-refractivity contribution in [3.8, 4) is 0 Å². The number of aromatic nitrogens is 3. The molecule has 1 N–H and O–H groups in total. The number of thiazole rings is 1. The van der Waals surface area contributed by atoms with E-state index in [0.717, 1.165) is 28.8 Å². The van der Waals surface area contributed by atoms with Crippen molar-refractivity contribution in [3.05, 3.63) is 20.6 Å². The van der Waals surface area contributed by atoms with Crippen molar-refractivity contribution in [2.45, 2.75) is 46.5 Å². The summed E-state index contributed by atoms with van der Waals surface area (Å²) >= 11 is 3.41. The third-order valence-corrected chi connectivity index (χ3v) is 5.19. The fraction of sp³-hybridized carbons (Fsp3) is 0.615. The average Bonchev–Trinajstić information content (AvgIpc) is 2.87. The molecular weight excluding hydrogens is 276 g/mol. The smallest absolute Gasteiger partial charge is 0.205 e. The fourth-order valence-electron chi connectivity index (χ4n) is 1.52. The van der Waals surface area contributed by atoms with Gasteiger partial charge in [-0.1, -0.05) is 32.1 Å². The highest BCUT2D eigenvalue weighted by atomic mass is 32.1. The van der Waals surface area contributed by atoms with E-state index in [1.807, 2.05) is 0 Å². The Labute approximate surface area is 122 Å². The lowest BCUT2D eigenvalue weighted by atomic mass is 9.98. The summed E-state index contributed by atoms with van der Waals surface area (Å²) in [6, 6.07) is 0. The van der Waals surface area contributed by atoms with Crippen LogP contribution in [0.25, 0.3) is 0 Å². The zero-order chi connectivity index (χ0) is 14.0. The molecule has 0 atom stereocenters. The van der Waals surface area contributed by atoms with Gasteiger partial charge in [-0.05, 0) is 13.8 Å². The van der Waals surface area contributed by atoms with Crippen molar-refractivity contribution in [1.29, 1.82) is 0 Å². The molecule has 104 valence electrons. The molecule has 0 saturated heterocycles. The average molecular weight is 296 g/mol. The number of hydrogen-bond donors (Lipinski definition) is 1. The van der Waals surface area contributed by atoms with Crippen LogP contribution in [0.4, 0.5) is 5.13 Å². The van der Waals surface area contributed by atoms with Crippen LogP contribution in [0.2, 0.25) is 0 Å². The van der Waals surface area contributed by atoms with Crippen molar-refractivity contribution >= 4 is 27.8 Å². The van der Waals surface area contributed by atoms with Crippen LogP contribution < -0.4 is 5.32 Å². The summed E-state index contributed by atoms with van der Waals surface area (Å²) in [5.74, 6) is 0. The maximum atomic E-state index is 4.53. The Morgan fingerprint density at radius 2 is 1.84 bits per heavy atom. The van der Waals surface area contributed by atoms with Crippen LogP contribution >= 0.6 is 22.7 Å². The highest BCUT2D eigenvalue weighted by molar-refractivity contribution is 7.15. The number of nitrogens with one attached hydrogen (secondary N) is 1. The van der Waals surface area contributed by atoms with E-state index in [-0.39, 0.29) is 5.41 Å². The summed E-state index contributed by atoms with van der Waals surface area (Å²) in [6.45, 7) is 11.5. The number of rotatable bonds is 4. The molecule has 0 aliphatic heterocycles. The number of hydrogen-bond acceptors (Lipinski definition) is 6. The summed E-state index contributed by atoms with van der Waals surface area (Å²) in [7, 11) is 0. The van der Waals surface area contributed by atoms with Gasteiger partial charge in [0.05, 0.1) is 10.7 Å². The summed E-state index contributed by atoms with van der Waals surface area (Å²) in [5.41, 5.74) is 1.21. The molecule has 0 amide bonds. The molecule has 0 saturated carbocycles. The maximum absolute atomic E-state index is 4.53. The molecule has 0 spiro atoms. The van der Waals surface area contributed by atoms with Crippen LogP contribution in [0.5, 0.6) is 0 Å². The quantitative estimate of drug-likeness (QED) is 0.937. The van der Waals surface area contributed by atoms with E-state index in [2.05, 4.69) is 55.1 Å². The van der Waals surface area contributed by atoms with Crippen molar-refractivity contribution < 1.29 is 0 Å². The highest BCUT2D eigenvalue weighted by Gasteiger charge is 2.19. The molecule has 4 nitrogen and oxygen atoms in total. The summed E-state index contributed by atoms with van der Waals surface area (Å²) in [5, 5.41) is 14.9. The summed E-state index contributed by atoms with van der Waals surface area (Å²) in [6.07, 6.45) is 0.934. The Morgan fingerprint density at radius 1 is 1.11 bits per heavy atom. The normalized spacial score (nSPS) is 11.8. The molecule has 2 heterocycles. The van der Waals surface area contributed by atoms with Crippen molar-refractivity contribution in [3.63, 3.8) is 0 Å². The summed E-state index contributed by atoms with van der Waals surface area (Å²) < 4.78 is 0. The van der Waals surface area contributed by atoms with E-state index < -0.39 is 0 Å². The first kappa shape index (κ1) is 14.4. The first-order valence-electron chi connectivity index (χ1n) is 6.37. The van der Waals surface area contributed by atoms with E-state index in [9.17, 15) is 0 Å². The van der Waals surface area contributed by atoms with Crippen molar-refractivity contribution in [2.75, 3.05) is 11.9 Å².